The van der Waals surface area contributed by atoms with Crippen LogP contribution in [0.15, 0.2) is 0 Å². The molecule has 0 aliphatic carbocycles. The van der Waals surface area contributed by atoms with E-state index in [1.165, 1.54) is 14.7 Å². The third-order valence-electron chi connectivity index (χ3n) is 5.34. The van der Waals surface area contributed by atoms with Crippen LogP contribution in [0.3, 0.4) is 0 Å². The van der Waals surface area contributed by atoms with Gasteiger partial charge in [0.05, 0.1) is 0 Å². The topological polar surface area (TPSA) is 90.0 Å². The van der Waals surface area contributed by atoms with Gasteiger partial charge in [0.25, 0.3) is 0 Å². The fourth-order valence-corrected chi connectivity index (χ4v) is 3.40. The lowest BCUT2D eigenvalue weighted by Crippen LogP contribution is -2.58. The van der Waals surface area contributed by atoms with Gasteiger partial charge in [-0.2, -0.15) is 0 Å². The van der Waals surface area contributed by atoms with Crippen molar-refractivity contribution < 1.29 is 19.2 Å². The number of likely N-dealkylation sites (N-methyl/N-ethyl adjacent to an activating group) is 4. The van der Waals surface area contributed by atoms with Crippen molar-refractivity contribution in [1.29, 1.82) is 0 Å². The second-order valence-electron chi connectivity index (χ2n) is 8.38. The Morgan fingerprint density at radius 1 is 0.828 bits per heavy atom. The number of rotatable bonds is 10. The van der Waals surface area contributed by atoms with Gasteiger partial charge in [-0.25, -0.2) is 0 Å². The molecule has 0 radical (unpaired) electrons. The van der Waals surface area contributed by atoms with Gasteiger partial charge >= 0.3 is 0 Å². The molecule has 1 N–H and O–H groups in total. The molecule has 0 aliphatic heterocycles. The van der Waals surface area contributed by atoms with Gasteiger partial charge in [0.15, 0.2) is 0 Å². The maximum atomic E-state index is 13.3. The molecular formula is C21H40N4O4. The number of hydrogen-bond donors (Lipinski definition) is 1. The van der Waals surface area contributed by atoms with Gasteiger partial charge in [-0.05, 0) is 25.2 Å². The molecule has 29 heavy (non-hydrogen) atoms. The molecule has 3 atom stereocenters. The lowest BCUT2D eigenvalue weighted by molar-refractivity contribution is -0.152. The van der Waals surface area contributed by atoms with Gasteiger partial charge in [-0.1, -0.05) is 34.6 Å². The minimum Gasteiger partial charge on any atom is -0.357 e. The highest BCUT2D eigenvalue weighted by atomic mass is 16.2. The summed E-state index contributed by atoms with van der Waals surface area (Å²) in [7, 11) is 6.32. The van der Waals surface area contributed by atoms with Gasteiger partial charge in [-0.3, -0.25) is 19.2 Å². The van der Waals surface area contributed by atoms with Crippen molar-refractivity contribution in [3.63, 3.8) is 0 Å². The fraction of sp³-hybridized carbons (Fsp3) is 0.810. The predicted molar refractivity (Wildman–Crippen MR) is 114 cm³/mol. The molecule has 0 aromatic rings. The zero-order chi connectivity index (χ0) is 23.0. The molecule has 0 saturated heterocycles. The first kappa shape index (κ1) is 26.9. The van der Waals surface area contributed by atoms with Crippen LogP contribution in [0.1, 0.15) is 54.4 Å². The van der Waals surface area contributed by atoms with Gasteiger partial charge < -0.3 is 20.0 Å². The quantitative estimate of drug-likeness (QED) is 0.586. The van der Waals surface area contributed by atoms with E-state index in [2.05, 4.69) is 5.32 Å². The number of hydrogen-bond acceptors (Lipinski definition) is 4. The highest BCUT2D eigenvalue weighted by Crippen LogP contribution is 2.19. The van der Waals surface area contributed by atoms with Crippen LogP contribution in [0.4, 0.5) is 0 Å². The molecular weight excluding hydrogens is 372 g/mol. The van der Waals surface area contributed by atoms with Crippen molar-refractivity contribution >= 4 is 23.6 Å². The fourth-order valence-electron chi connectivity index (χ4n) is 3.40. The van der Waals surface area contributed by atoms with Crippen molar-refractivity contribution in [2.75, 3.05) is 28.2 Å². The molecule has 0 bridgehead atoms. The Labute approximate surface area is 176 Å². The zero-order valence-electron chi connectivity index (χ0n) is 19.8. The lowest BCUT2D eigenvalue weighted by Gasteiger charge is -2.38. The van der Waals surface area contributed by atoms with Crippen LogP contribution >= 0.6 is 0 Å². The summed E-state index contributed by atoms with van der Waals surface area (Å²) >= 11 is 0. The molecule has 0 rings (SSSR count). The molecule has 0 saturated carbocycles. The van der Waals surface area contributed by atoms with Crippen LogP contribution in [0.5, 0.6) is 0 Å². The summed E-state index contributed by atoms with van der Waals surface area (Å²) in [4.78, 5) is 54.9. The highest BCUT2D eigenvalue weighted by molar-refractivity contribution is 5.94. The monoisotopic (exact) mass is 412 g/mol. The molecule has 4 amide bonds. The average Bonchev–Trinajstić information content (AvgIpc) is 2.67. The van der Waals surface area contributed by atoms with Crippen LogP contribution in [0.2, 0.25) is 0 Å². The molecule has 8 nitrogen and oxygen atoms in total. The minimum absolute atomic E-state index is 0.0863. The average molecular weight is 413 g/mol. The Morgan fingerprint density at radius 2 is 1.34 bits per heavy atom. The predicted octanol–water partition coefficient (Wildman–Crippen LogP) is 1.35. The van der Waals surface area contributed by atoms with E-state index < -0.39 is 18.1 Å². The maximum absolute atomic E-state index is 13.3. The first-order chi connectivity index (χ1) is 13.3. The van der Waals surface area contributed by atoms with Gasteiger partial charge in [0.1, 0.15) is 18.1 Å². The van der Waals surface area contributed by atoms with E-state index in [-0.39, 0.29) is 35.5 Å². The van der Waals surface area contributed by atoms with Gasteiger partial charge in [0, 0.05) is 34.6 Å². The van der Waals surface area contributed by atoms with E-state index in [0.29, 0.717) is 12.8 Å². The van der Waals surface area contributed by atoms with E-state index in [1.807, 2.05) is 27.7 Å². The summed E-state index contributed by atoms with van der Waals surface area (Å²) in [6.07, 6.45) is 0.763. The second kappa shape index (κ2) is 11.8. The van der Waals surface area contributed by atoms with Gasteiger partial charge in [-0.15, -0.1) is 0 Å². The van der Waals surface area contributed by atoms with E-state index in [1.54, 1.807) is 42.0 Å². The third kappa shape index (κ3) is 7.01. The normalized spacial score (nSPS) is 14.2. The molecule has 0 aliphatic rings. The molecule has 0 fully saturated rings. The first-order valence-electron chi connectivity index (χ1n) is 10.3. The Balaban J connectivity index is 5.77. The summed E-state index contributed by atoms with van der Waals surface area (Å²) < 4.78 is 0. The van der Waals surface area contributed by atoms with Crippen LogP contribution in [-0.4, -0.2) is 84.6 Å². The Hall–Kier alpha value is -2.12. The van der Waals surface area contributed by atoms with Crippen molar-refractivity contribution in [3.05, 3.63) is 0 Å². The molecule has 0 spiro atoms. The zero-order valence-corrected chi connectivity index (χ0v) is 19.8. The SMILES string of the molecule is CCC(=O)N(C)[C@H](C)C(=O)N(C)[C@@H](CC(C)C)C(=O)N(C)[C@H](C(=O)NC)C(C)C. The van der Waals surface area contributed by atoms with E-state index >= 15 is 0 Å². The standard InChI is InChI=1S/C21H40N4O4/c1-11-17(26)23(8)15(6)20(28)24(9)16(12-13(2)3)21(29)25(10)18(14(4)5)19(27)22-7/h13-16,18H,11-12H2,1-10H3,(H,22,27)/t15-,16+,18+/m1/s1. The Bertz CT molecular complexity index is 591. The number of carbonyl (C=O) groups excluding carboxylic acids is 4. The summed E-state index contributed by atoms with van der Waals surface area (Å²) in [5, 5.41) is 2.61. The van der Waals surface area contributed by atoms with Crippen molar-refractivity contribution in [2.24, 2.45) is 11.8 Å². The van der Waals surface area contributed by atoms with Crippen molar-refractivity contribution in [3.8, 4) is 0 Å². The first-order valence-corrected chi connectivity index (χ1v) is 10.3. The second-order valence-corrected chi connectivity index (χ2v) is 8.38. The van der Waals surface area contributed by atoms with Crippen molar-refractivity contribution in [1.82, 2.24) is 20.0 Å². The Kier molecular flexibility index (Phi) is 10.9. The Morgan fingerprint density at radius 3 is 1.72 bits per heavy atom. The molecule has 0 unspecified atom stereocenters. The molecule has 0 heterocycles. The number of amides is 4. The van der Waals surface area contributed by atoms with E-state index in [9.17, 15) is 19.2 Å². The van der Waals surface area contributed by atoms with Crippen molar-refractivity contribution in [2.45, 2.75) is 72.5 Å². The van der Waals surface area contributed by atoms with Crippen LogP contribution in [0.25, 0.3) is 0 Å². The lowest BCUT2D eigenvalue weighted by atomic mass is 9.97. The molecule has 0 aromatic heterocycles. The summed E-state index contributed by atoms with van der Waals surface area (Å²) in [6, 6.07) is -2.03. The minimum atomic E-state index is -0.717. The van der Waals surface area contributed by atoms with Crippen LogP contribution in [0, 0.1) is 11.8 Å². The molecule has 0 aromatic carbocycles. The third-order valence-corrected chi connectivity index (χ3v) is 5.34. The summed E-state index contributed by atoms with van der Waals surface area (Å²) in [5.41, 5.74) is 0. The van der Waals surface area contributed by atoms with Gasteiger partial charge in [0.2, 0.25) is 23.6 Å². The molecule has 168 valence electrons. The number of nitrogens with zero attached hydrogens (tertiary/aromatic N) is 3. The summed E-state index contributed by atoms with van der Waals surface area (Å²) in [6.45, 7) is 11.1. The number of carbonyl (C=O) groups is 4. The highest BCUT2D eigenvalue weighted by Gasteiger charge is 2.37. The van der Waals surface area contributed by atoms with E-state index in [4.69, 9.17) is 0 Å². The summed E-state index contributed by atoms with van der Waals surface area (Å²) in [5.74, 6) is -0.888. The smallest absolute Gasteiger partial charge is 0.245 e. The number of nitrogens with one attached hydrogen (secondary N) is 1. The largest absolute Gasteiger partial charge is 0.357 e. The van der Waals surface area contributed by atoms with Crippen LogP contribution in [-0.2, 0) is 19.2 Å². The van der Waals surface area contributed by atoms with Crippen LogP contribution < -0.4 is 5.32 Å². The van der Waals surface area contributed by atoms with E-state index in [0.717, 1.165) is 0 Å². The molecule has 8 heteroatoms. The maximum Gasteiger partial charge on any atom is 0.245 e.